The van der Waals surface area contributed by atoms with Crippen molar-refractivity contribution in [1.29, 1.82) is 0 Å². The molecule has 0 amide bonds. The number of rotatable bonds is 5. The van der Waals surface area contributed by atoms with Crippen molar-refractivity contribution in [2.75, 3.05) is 27.7 Å². The van der Waals surface area contributed by atoms with E-state index in [2.05, 4.69) is 79.7 Å². The molecule has 0 atom stereocenters. The predicted octanol–water partition coefficient (Wildman–Crippen LogP) is 2.62. The maximum Gasteiger partial charge on any atom is 0.191 e. The van der Waals surface area contributed by atoms with Crippen LogP contribution in [-0.2, 0) is 6.54 Å². The van der Waals surface area contributed by atoms with E-state index < -0.39 is 0 Å². The van der Waals surface area contributed by atoms with Gasteiger partial charge in [-0.2, -0.15) is 0 Å². The normalized spacial score (nSPS) is 12.0. The molecule has 1 aromatic rings. The molecule has 0 saturated carbocycles. The molecular formula is C16H29IN4. The Hall–Kier alpha value is -0.820. The highest BCUT2D eigenvalue weighted by atomic mass is 127. The molecule has 0 aliphatic heterocycles. The van der Waals surface area contributed by atoms with Gasteiger partial charge < -0.3 is 15.5 Å². The Labute approximate surface area is 146 Å². The van der Waals surface area contributed by atoms with Crippen LogP contribution in [0.25, 0.3) is 0 Å². The zero-order chi connectivity index (χ0) is 15.2. The van der Waals surface area contributed by atoms with Gasteiger partial charge in [0.2, 0.25) is 0 Å². The fourth-order valence-corrected chi connectivity index (χ4v) is 1.69. The number of aryl methyl sites for hydroxylation is 1. The number of hydrogen-bond donors (Lipinski definition) is 2. The Kier molecular flexibility index (Phi) is 8.89. The molecule has 0 heterocycles. The second-order valence-corrected chi connectivity index (χ2v) is 5.98. The summed E-state index contributed by atoms with van der Waals surface area (Å²) in [5.41, 5.74) is 2.63. The molecule has 0 aliphatic carbocycles. The Morgan fingerprint density at radius 1 is 1.24 bits per heavy atom. The lowest BCUT2D eigenvalue weighted by Crippen LogP contribution is -2.50. The van der Waals surface area contributed by atoms with Crippen LogP contribution in [0.1, 0.15) is 25.0 Å². The summed E-state index contributed by atoms with van der Waals surface area (Å²) >= 11 is 0. The topological polar surface area (TPSA) is 39.7 Å². The number of likely N-dealkylation sites (N-methyl/N-ethyl adjacent to an activating group) is 1. The van der Waals surface area contributed by atoms with Gasteiger partial charge in [-0.1, -0.05) is 29.8 Å². The van der Waals surface area contributed by atoms with Crippen molar-refractivity contribution in [2.45, 2.75) is 32.9 Å². The molecule has 0 aliphatic rings. The van der Waals surface area contributed by atoms with Gasteiger partial charge in [-0.05, 0) is 40.4 Å². The van der Waals surface area contributed by atoms with Gasteiger partial charge in [0.1, 0.15) is 0 Å². The molecule has 0 fully saturated rings. The largest absolute Gasteiger partial charge is 0.355 e. The molecule has 21 heavy (non-hydrogen) atoms. The monoisotopic (exact) mass is 404 g/mol. The number of nitrogens with one attached hydrogen (secondary N) is 2. The van der Waals surface area contributed by atoms with Crippen molar-refractivity contribution in [2.24, 2.45) is 4.99 Å². The van der Waals surface area contributed by atoms with Crippen LogP contribution < -0.4 is 10.6 Å². The molecule has 0 unspecified atom stereocenters. The number of guanidine groups is 1. The lowest BCUT2D eigenvalue weighted by molar-refractivity contribution is 0.197. The average molecular weight is 404 g/mol. The van der Waals surface area contributed by atoms with Gasteiger partial charge in [0.05, 0.1) is 0 Å². The first-order chi connectivity index (χ1) is 9.35. The smallest absolute Gasteiger partial charge is 0.191 e. The van der Waals surface area contributed by atoms with E-state index >= 15 is 0 Å². The van der Waals surface area contributed by atoms with Gasteiger partial charge >= 0.3 is 0 Å². The van der Waals surface area contributed by atoms with E-state index in [4.69, 9.17) is 0 Å². The van der Waals surface area contributed by atoms with Crippen molar-refractivity contribution < 1.29 is 0 Å². The fraction of sp³-hybridized carbons (Fsp3) is 0.562. The van der Waals surface area contributed by atoms with Crippen molar-refractivity contribution in [1.82, 2.24) is 15.5 Å². The number of halogens is 1. The fourth-order valence-electron chi connectivity index (χ4n) is 1.69. The third kappa shape index (κ3) is 7.13. The molecule has 120 valence electrons. The summed E-state index contributed by atoms with van der Waals surface area (Å²) in [5, 5.41) is 6.72. The maximum absolute atomic E-state index is 4.26. The van der Waals surface area contributed by atoms with Crippen molar-refractivity contribution >= 4 is 29.9 Å². The minimum atomic E-state index is 0. The minimum Gasteiger partial charge on any atom is -0.355 e. The van der Waals surface area contributed by atoms with E-state index in [1.165, 1.54) is 11.1 Å². The van der Waals surface area contributed by atoms with Gasteiger partial charge in [0, 0.05) is 25.7 Å². The van der Waals surface area contributed by atoms with E-state index in [9.17, 15) is 0 Å². The molecule has 0 saturated heterocycles. The van der Waals surface area contributed by atoms with Crippen LogP contribution in [0.4, 0.5) is 0 Å². The summed E-state index contributed by atoms with van der Waals surface area (Å²) in [4.78, 5) is 6.47. The van der Waals surface area contributed by atoms with Crippen LogP contribution >= 0.6 is 24.0 Å². The summed E-state index contributed by atoms with van der Waals surface area (Å²) < 4.78 is 0. The zero-order valence-corrected chi connectivity index (χ0v) is 16.4. The quantitative estimate of drug-likeness (QED) is 0.450. The molecule has 1 rings (SSSR count). The molecule has 5 heteroatoms. The maximum atomic E-state index is 4.26. The van der Waals surface area contributed by atoms with Gasteiger partial charge in [-0.25, -0.2) is 0 Å². The molecule has 0 aromatic heterocycles. The number of hydrogen-bond acceptors (Lipinski definition) is 2. The summed E-state index contributed by atoms with van der Waals surface area (Å²) in [6, 6.07) is 8.49. The summed E-state index contributed by atoms with van der Waals surface area (Å²) in [6.07, 6.45) is 0. The third-order valence-electron chi connectivity index (χ3n) is 3.67. The zero-order valence-electron chi connectivity index (χ0n) is 14.0. The number of aliphatic imine (C=N–C) groups is 1. The van der Waals surface area contributed by atoms with Crippen LogP contribution in [0.5, 0.6) is 0 Å². The van der Waals surface area contributed by atoms with E-state index in [1.54, 1.807) is 7.05 Å². The summed E-state index contributed by atoms with van der Waals surface area (Å²) in [5.74, 6) is 0.835. The first-order valence-corrected chi connectivity index (χ1v) is 7.02. The summed E-state index contributed by atoms with van der Waals surface area (Å²) in [6.45, 7) is 8.13. The highest BCUT2D eigenvalue weighted by Crippen LogP contribution is 2.07. The van der Waals surface area contributed by atoms with Gasteiger partial charge in [0.25, 0.3) is 0 Å². The Morgan fingerprint density at radius 3 is 2.43 bits per heavy atom. The lowest BCUT2D eigenvalue weighted by Gasteiger charge is -2.33. The molecule has 1 aromatic carbocycles. The standard InChI is InChI=1S/C16H28N4.HI/c1-13-8-7-9-14(10-13)11-18-15(17-4)19-12-16(2,3)20(5)6;/h7-10H,11-12H2,1-6H3,(H2,17,18,19);1H. The minimum absolute atomic E-state index is 0. The van der Waals surface area contributed by atoms with Crippen LogP contribution in [0, 0.1) is 6.92 Å². The average Bonchev–Trinajstić information content (AvgIpc) is 2.38. The Morgan fingerprint density at radius 2 is 1.90 bits per heavy atom. The third-order valence-corrected chi connectivity index (χ3v) is 3.67. The number of nitrogens with zero attached hydrogens (tertiary/aromatic N) is 2. The van der Waals surface area contributed by atoms with Gasteiger partial charge in [0.15, 0.2) is 5.96 Å². The van der Waals surface area contributed by atoms with Crippen molar-refractivity contribution in [3.63, 3.8) is 0 Å². The Bertz CT molecular complexity index is 455. The SMILES string of the molecule is CN=C(NCc1cccc(C)c1)NCC(C)(C)N(C)C.I. The molecule has 0 radical (unpaired) electrons. The molecule has 2 N–H and O–H groups in total. The van der Waals surface area contributed by atoms with E-state index in [0.29, 0.717) is 0 Å². The van der Waals surface area contributed by atoms with Gasteiger partial charge in [-0.15, -0.1) is 24.0 Å². The van der Waals surface area contributed by atoms with E-state index in [-0.39, 0.29) is 29.5 Å². The predicted molar refractivity (Wildman–Crippen MR) is 103 cm³/mol. The van der Waals surface area contributed by atoms with Crippen molar-refractivity contribution in [3.05, 3.63) is 35.4 Å². The number of benzene rings is 1. The molecule has 0 spiro atoms. The summed E-state index contributed by atoms with van der Waals surface area (Å²) in [7, 11) is 5.98. The van der Waals surface area contributed by atoms with E-state index in [1.807, 2.05) is 0 Å². The molecular weight excluding hydrogens is 375 g/mol. The second kappa shape index (κ2) is 9.25. The Balaban J connectivity index is 0.00000400. The second-order valence-electron chi connectivity index (χ2n) is 5.98. The van der Waals surface area contributed by atoms with Crippen LogP contribution in [0.2, 0.25) is 0 Å². The first-order valence-electron chi connectivity index (χ1n) is 7.02. The van der Waals surface area contributed by atoms with Crippen LogP contribution in [0.15, 0.2) is 29.3 Å². The molecule has 0 bridgehead atoms. The first kappa shape index (κ1) is 20.2. The lowest BCUT2D eigenvalue weighted by atomic mass is 10.0. The van der Waals surface area contributed by atoms with Crippen LogP contribution in [-0.4, -0.2) is 44.1 Å². The highest BCUT2D eigenvalue weighted by molar-refractivity contribution is 14.0. The van der Waals surface area contributed by atoms with Crippen molar-refractivity contribution in [3.8, 4) is 0 Å². The van der Waals surface area contributed by atoms with Crippen LogP contribution in [0.3, 0.4) is 0 Å². The van der Waals surface area contributed by atoms with Gasteiger partial charge in [-0.3, -0.25) is 4.99 Å². The highest BCUT2D eigenvalue weighted by Gasteiger charge is 2.20. The van der Waals surface area contributed by atoms with E-state index in [0.717, 1.165) is 19.0 Å². The molecule has 4 nitrogen and oxygen atoms in total.